The number of carboxylic acid groups (broad SMARTS) is 1. The van der Waals surface area contributed by atoms with Gasteiger partial charge in [0.15, 0.2) is 0 Å². The molecular formula is C15H21NO3. The van der Waals surface area contributed by atoms with Crippen molar-refractivity contribution in [2.75, 3.05) is 13.6 Å². The predicted octanol–water partition coefficient (Wildman–Crippen LogP) is 2.43. The van der Waals surface area contributed by atoms with E-state index >= 15 is 0 Å². The third kappa shape index (κ3) is 4.73. The summed E-state index contributed by atoms with van der Waals surface area (Å²) < 4.78 is 0. The molecule has 0 fully saturated rings. The number of nitrogens with zero attached hydrogens (tertiary/aromatic N) is 1. The van der Waals surface area contributed by atoms with Crippen LogP contribution < -0.4 is 0 Å². The lowest BCUT2D eigenvalue weighted by Gasteiger charge is -2.26. The fourth-order valence-electron chi connectivity index (χ4n) is 1.98. The fourth-order valence-corrected chi connectivity index (χ4v) is 1.98. The van der Waals surface area contributed by atoms with Gasteiger partial charge in [0.05, 0.1) is 12.0 Å². The van der Waals surface area contributed by atoms with Gasteiger partial charge in [-0.15, -0.1) is 0 Å². The Balaban J connectivity index is 2.80. The molecule has 0 radical (unpaired) electrons. The molecular weight excluding hydrogens is 242 g/mol. The van der Waals surface area contributed by atoms with E-state index in [4.69, 9.17) is 5.11 Å². The number of aromatic carboxylic acids is 1. The zero-order valence-electron chi connectivity index (χ0n) is 11.9. The molecule has 1 rings (SSSR count). The van der Waals surface area contributed by atoms with Crippen LogP contribution in [0.1, 0.15) is 36.7 Å². The molecule has 4 nitrogen and oxygen atoms in total. The maximum absolute atomic E-state index is 12.1. The highest BCUT2D eigenvalue weighted by molar-refractivity contribution is 5.91. The van der Waals surface area contributed by atoms with Crippen molar-refractivity contribution in [2.45, 2.75) is 27.2 Å². The van der Waals surface area contributed by atoms with Gasteiger partial charge >= 0.3 is 5.97 Å². The minimum atomic E-state index is -0.998. The highest BCUT2D eigenvalue weighted by Gasteiger charge is 2.19. The summed E-state index contributed by atoms with van der Waals surface area (Å²) in [7, 11) is 1.75. The normalized spacial score (nSPS) is 11.2. The van der Waals surface area contributed by atoms with E-state index in [0.717, 1.165) is 0 Å². The minimum Gasteiger partial charge on any atom is -0.478 e. The molecule has 104 valence electrons. The van der Waals surface area contributed by atoms with E-state index < -0.39 is 5.97 Å². The van der Waals surface area contributed by atoms with Crippen molar-refractivity contribution in [1.82, 2.24) is 4.90 Å². The van der Waals surface area contributed by atoms with Gasteiger partial charge in [-0.3, -0.25) is 4.79 Å². The lowest BCUT2D eigenvalue weighted by molar-refractivity contribution is -0.130. The van der Waals surface area contributed by atoms with Gasteiger partial charge < -0.3 is 10.0 Å². The first-order valence-electron chi connectivity index (χ1n) is 6.26. The topological polar surface area (TPSA) is 57.6 Å². The maximum atomic E-state index is 12.1. The van der Waals surface area contributed by atoms with E-state index in [1.54, 1.807) is 30.1 Å². The van der Waals surface area contributed by atoms with Crippen molar-refractivity contribution in [3.8, 4) is 0 Å². The van der Waals surface area contributed by atoms with E-state index in [1.807, 2.05) is 0 Å². The molecule has 1 aromatic carbocycles. The molecule has 4 heteroatoms. The van der Waals surface area contributed by atoms with Crippen molar-refractivity contribution in [2.24, 2.45) is 5.41 Å². The molecule has 0 heterocycles. The number of hydrogen-bond acceptors (Lipinski definition) is 2. The number of hydrogen-bond donors (Lipinski definition) is 1. The number of benzene rings is 1. The van der Waals surface area contributed by atoms with E-state index in [2.05, 4.69) is 20.8 Å². The summed E-state index contributed by atoms with van der Waals surface area (Å²) in [4.78, 5) is 24.8. The average Bonchev–Trinajstić information content (AvgIpc) is 2.27. The van der Waals surface area contributed by atoms with Gasteiger partial charge in [0, 0.05) is 13.6 Å². The molecule has 0 atom stereocenters. The summed E-state index contributed by atoms with van der Waals surface area (Å²) in [5.41, 5.74) is 0.775. The van der Waals surface area contributed by atoms with Crippen LogP contribution in [0, 0.1) is 5.41 Å². The molecule has 1 amide bonds. The van der Waals surface area contributed by atoms with Crippen molar-refractivity contribution in [1.29, 1.82) is 0 Å². The van der Waals surface area contributed by atoms with Crippen LogP contribution >= 0.6 is 0 Å². The second kappa shape index (κ2) is 5.87. The quantitative estimate of drug-likeness (QED) is 0.907. The molecule has 19 heavy (non-hydrogen) atoms. The van der Waals surface area contributed by atoms with Crippen LogP contribution in [0.4, 0.5) is 0 Å². The van der Waals surface area contributed by atoms with E-state index in [-0.39, 0.29) is 23.3 Å². The molecule has 1 aromatic rings. The Morgan fingerprint density at radius 3 is 2.32 bits per heavy atom. The number of carboxylic acids is 1. The second-order valence-corrected chi connectivity index (χ2v) is 5.95. The van der Waals surface area contributed by atoms with Crippen molar-refractivity contribution in [3.63, 3.8) is 0 Å². The Bertz CT molecular complexity index is 475. The van der Waals surface area contributed by atoms with Crippen molar-refractivity contribution < 1.29 is 14.7 Å². The summed E-state index contributed by atoms with van der Waals surface area (Å²) in [5.74, 6) is -1.06. The van der Waals surface area contributed by atoms with Crippen LogP contribution in [-0.4, -0.2) is 35.5 Å². The largest absolute Gasteiger partial charge is 0.478 e. The third-order valence-corrected chi connectivity index (χ3v) is 2.73. The first-order chi connectivity index (χ1) is 8.70. The molecule has 0 saturated carbocycles. The molecule has 0 spiro atoms. The first kappa shape index (κ1) is 15.2. The van der Waals surface area contributed by atoms with Crippen LogP contribution in [0.3, 0.4) is 0 Å². The smallest absolute Gasteiger partial charge is 0.335 e. The highest BCUT2D eigenvalue weighted by Crippen LogP contribution is 2.16. The summed E-state index contributed by atoms with van der Waals surface area (Å²) in [6.45, 7) is 6.81. The predicted molar refractivity (Wildman–Crippen MR) is 74.2 cm³/mol. The number of rotatable bonds is 4. The molecule has 0 aliphatic carbocycles. The van der Waals surface area contributed by atoms with Crippen molar-refractivity contribution in [3.05, 3.63) is 35.4 Å². The zero-order valence-corrected chi connectivity index (χ0v) is 11.9. The fraction of sp³-hybridized carbons (Fsp3) is 0.467. The number of likely N-dealkylation sites (N-methyl/N-ethyl adjacent to an activating group) is 1. The second-order valence-electron chi connectivity index (χ2n) is 5.95. The van der Waals surface area contributed by atoms with E-state index in [0.29, 0.717) is 12.1 Å². The van der Waals surface area contributed by atoms with Gasteiger partial charge in [0.2, 0.25) is 5.91 Å². The van der Waals surface area contributed by atoms with Crippen molar-refractivity contribution >= 4 is 11.9 Å². The van der Waals surface area contributed by atoms with Crippen LogP contribution in [0.25, 0.3) is 0 Å². The van der Waals surface area contributed by atoms with Crippen LogP contribution in [0.15, 0.2) is 24.3 Å². The molecule has 0 aliphatic rings. The Morgan fingerprint density at radius 2 is 1.79 bits per heavy atom. The summed E-state index contributed by atoms with van der Waals surface area (Å²) in [6.07, 6.45) is 0.120. The maximum Gasteiger partial charge on any atom is 0.335 e. The number of amides is 1. The molecule has 0 aromatic heterocycles. The Morgan fingerprint density at radius 1 is 1.21 bits per heavy atom. The molecule has 0 aliphatic heterocycles. The van der Waals surface area contributed by atoms with Gasteiger partial charge in [0.1, 0.15) is 0 Å². The zero-order chi connectivity index (χ0) is 14.6. The van der Waals surface area contributed by atoms with Crippen LogP contribution in [0.5, 0.6) is 0 Å². The number of carbonyl (C=O) groups is 2. The van der Waals surface area contributed by atoms with E-state index in [9.17, 15) is 9.59 Å². The molecule has 1 N–H and O–H groups in total. The molecule has 0 unspecified atom stereocenters. The van der Waals surface area contributed by atoms with Gasteiger partial charge in [-0.2, -0.15) is 0 Å². The van der Waals surface area contributed by atoms with E-state index in [1.165, 1.54) is 6.07 Å². The lowest BCUT2D eigenvalue weighted by Crippen LogP contribution is -2.35. The summed E-state index contributed by atoms with van der Waals surface area (Å²) >= 11 is 0. The number of carbonyl (C=O) groups excluding carboxylic acids is 1. The summed E-state index contributed by atoms with van der Waals surface area (Å²) in [5, 5.41) is 9.08. The van der Waals surface area contributed by atoms with Crippen LogP contribution in [0.2, 0.25) is 0 Å². The SMILES string of the molecule is CN(CC(C)(C)C)C(=O)Cc1ccccc1C(=O)O. The van der Waals surface area contributed by atoms with Gasteiger partial charge in [0.25, 0.3) is 0 Å². The van der Waals surface area contributed by atoms with Crippen LogP contribution in [-0.2, 0) is 11.2 Å². The average molecular weight is 263 g/mol. The first-order valence-corrected chi connectivity index (χ1v) is 6.26. The Labute approximate surface area is 114 Å². The monoisotopic (exact) mass is 263 g/mol. The lowest BCUT2D eigenvalue weighted by atomic mass is 9.96. The molecule has 0 bridgehead atoms. The van der Waals surface area contributed by atoms with Gasteiger partial charge in [-0.25, -0.2) is 4.79 Å². The highest BCUT2D eigenvalue weighted by atomic mass is 16.4. The third-order valence-electron chi connectivity index (χ3n) is 2.73. The summed E-state index contributed by atoms with van der Waals surface area (Å²) in [6, 6.07) is 6.62. The standard InChI is InChI=1S/C15H21NO3/c1-15(2,3)10-16(4)13(17)9-11-7-5-6-8-12(11)14(18)19/h5-8H,9-10H2,1-4H3,(H,18,19). The van der Waals surface area contributed by atoms with Gasteiger partial charge in [-0.1, -0.05) is 39.0 Å². The van der Waals surface area contributed by atoms with Gasteiger partial charge in [-0.05, 0) is 17.0 Å². The Hall–Kier alpha value is -1.84. The molecule has 0 saturated heterocycles. The Kier molecular flexibility index (Phi) is 4.70. The minimum absolute atomic E-state index is 0.0245.